The van der Waals surface area contributed by atoms with Crippen LogP contribution >= 0.6 is 23.2 Å². The Morgan fingerprint density at radius 1 is 1.09 bits per heavy atom. The minimum Gasteiger partial charge on any atom is -0.0528 e. The molecule has 0 spiro atoms. The van der Waals surface area contributed by atoms with E-state index in [-0.39, 0.29) is 0 Å². The van der Waals surface area contributed by atoms with Gasteiger partial charge in [-0.1, -0.05) is 12.8 Å². The van der Waals surface area contributed by atoms with Crippen molar-refractivity contribution in [2.24, 2.45) is 0 Å². The average Bonchev–Trinajstić information content (AvgIpc) is 1.84. The Bertz CT molecular complexity index is 138. The van der Waals surface area contributed by atoms with Gasteiger partial charge in [-0.2, -0.15) is 0 Å². The molecule has 62 valence electrons. The van der Waals surface area contributed by atoms with E-state index in [4.69, 9.17) is 23.2 Å². The minimum atomic E-state index is 0.465. The average molecular weight is 192 g/mol. The lowest BCUT2D eigenvalue weighted by molar-refractivity contribution is 0.628. The molecule has 0 saturated heterocycles. The van der Waals surface area contributed by atoms with Gasteiger partial charge in [0.05, 0.1) is 23.2 Å². The molecule has 0 unspecified atom stereocenters. The van der Waals surface area contributed by atoms with E-state index in [2.05, 4.69) is 6.08 Å². The molecule has 0 N–H and O–H groups in total. The van der Waals surface area contributed by atoms with E-state index >= 15 is 0 Å². The molecule has 11 heavy (non-hydrogen) atoms. The van der Waals surface area contributed by atoms with E-state index in [9.17, 15) is 0 Å². The van der Waals surface area contributed by atoms with Crippen LogP contribution in [0.4, 0.5) is 0 Å². The molecule has 0 nitrogen and oxygen atoms in total. The van der Waals surface area contributed by atoms with E-state index in [0.29, 0.717) is 4.84 Å². The Balaban J connectivity index is 2.45. The second-order valence-electron chi connectivity index (χ2n) is 2.94. The van der Waals surface area contributed by atoms with Crippen molar-refractivity contribution in [3.63, 3.8) is 0 Å². The van der Waals surface area contributed by atoms with Crippen LogP contribution in [0.1, 0.15) is 38.5 Å². The molecule has 1 aliphatic rings. The van der Waals surface area contributed by atoms with Crippen molar-refractivity contribution in [1.29, 1.82) is 0 Å². The lowest BCUT2D eigenvalue weighted by atomic mass is 10.0. The van der Waals surface area contributed by atoms with Gasteiger partial charge in [0.15, 0.2) is 0 Å². The standard InChI is InChI=1S/C9H13Cl2/c10-9(11)8-6-4-2-1-3-5-7-8/h6H,1-5,7H2/q+1. The third-order valence-corrected chi connectivity index (χ3v) is 2.52. The maximum Gasteiger partial charge on any atom is 0.250 e. The quantitative estimate of drug-likeness (QED) is 0.545. The summed E-state index contributed by atoms with van der Waals surface area (Å²) < 4.78 is 0. The van der Waals surface area contributed by atoms with Crippen LogP contribution in [0.2, 0.25) is 0 Å². The zero-order chi connectivity index (χ0) is 8.10. The zero-order valence-corrected chi connectivity index (χ0v) is 8.09. The first-order valence-corrected chi connectivity index (χ1v) is 4.93. The second kappa shape index (κ2) is 4.95. The summed E-state index contributed by atoms with van der Waals surface area (Å²) in [5.74, 6) is 0. The molecule has 0 saturated carbocycles. The molecule has 0 aromatic rings. The van der Waals surface area contributed by atoms with Gasteiger partial charge < -0.3 is 0 Å². The van der Waals surface area contributed by atoms with Crippen molar-refractivity contribution in [2.45, 2.75) is 38.5 Å². The van der Waals surface area contributed by atoms with Crippen molar-refractivity contribution < 1.29 is 0 Å². The highest BCUT2D eigenvalue weighted by Gasteiger charge is 2.18. The number of allylic oxidation sites excluding steroid dienone is 2. The first kappa shape index (κ1) is 9.28. The Morgan fingerprint density at radius 2 is 1.82 bits per heavy atom. The summed E-state index contributed by atoms with van der Waals surface area (Å²) in [6, 6.07) is 0. The second-order valence-corrected chi connectivity index (χ2v) is 3.89. The smallest absolute Gasteiger partial charge is 0.0528 e. The van der Waals surface area contributed by atoms with Gasteiger partial charge in [-0.3, -0.25) is 0 Å². The lowest BCUT2D eigenvalue weighted by Gasteiger charge is -2.03. The third-order valence-electron chi connectivity index (χ3n) is 2.03. The van der Waals surface area contributed by atoms with Crippen LogP contribution in [0.25, 0.3) is 0 Å². The Morgan fingerprint density at radius 3 is 2.55 bits per heavy atom. The molecular weight excluding hydrogens is 179 g/mol. The SMILES string of the molecule is Cl[C+](Cl)C1=CCCCCCC1. The van der Waals surface area contributed by atoms with E-state index < -0.39 is 0 Å². The maximum absolute atomic E-state index is 5.70. The minimum absolute atomic E-state index is 0.465. The summed E-state index contributed by atoms with van der Waals surface area (Å²) >= 11 is 11.4. The Kier molecular flexibility index (Phi) is 4.17. The molecule has 0 heterocycles. The molecule has 0 aliphatic heterocycles. The van der Waals surface area contributed by atoms with Gasteiger partial charge in [0, 0.05) is 18.9 Å². The monoisotopic (exact) mass is 191 g/mol. The van der Waals surface area contributed by atoms with Gasteiger partial charge >= 0.3 is 0 Å². The fraction of sp³-hybridized carbons (Fsp3) is 0.667. The fourth-order valence-corrected chi connectivity index (χ4v) is 1.71. The third kappa shape index (κ3) is 3.39. The van der Waals surface area contributed by atoms with Gasteiger partial charge in [0.2, 0.25) is 0 Å². The predicted octanol–water partition coefficient (Wildman–Crippen LogP) is 4.23. The zero-order valence-electron chi connectivity index (χ0n) is 6.58. The summed E-state index contributed by atoms with van der Waals surface area (Å²) in [6.07, 6.45) is 9.55. The molecule has 1 rings (SSSR count). The molecule has 0 radical (unpaired) electrons. The first-order valence-electron chi connectivity index (χ1n) is 4.18. The number of rotatable bonds is 1. The molecular formula is C9H13Cl2+. The molecule has 0 aromatic heterocycles. The molecule has 0 aromatic carbocycles. The molecule has 1 aliphatic carbocycles. The normalized spacial score (nSPS) is 20.0. The van der Waals surface area contributed by atoms with Crippen molar-refractivity contribution in [2.75, 3.05) is 0 Å². The highest BCUT2D eigenvalue weighted by molar-refractivity contribution is 6.54. The molecule has 0 fully saturated rings. The first-order chi connectivity index (χ1) is 5.30. The summed E-state index contributed by atoms with van der Waals surface area (Å²) in [6.45, 7) is 0. The van der Waals surface area contributed by atoms with E-state index in [0.717, 1.165) is 18.4 Å². The van der Waals surface area contributed by atoms with Crippen molar-refractivity contribution in [3.05, 3.63) is 16.5 Å². The number of hydrogen-bond donors (Lipinski definition) is 0. The van der Waals surface area contributed by atoms with Crippen LogP contribution in [0.3, 0.4) is 0 Å². The Hall–Kier alpha value is 0.190. The summed E-state index contributed by atoms with van der Waals surface area (Å²) in [4.78, 5) is 0.465. The van der Waals surface area contributed by atoms with Gasteiger partial charge in [0.1, 0.15) is 5.57 Å². The van der Waals surface area contributed by atoms with Crippen LogP contribution in [-0.4, -0.2) is 0 Å². The van der Waals surface area contributed by atoms with Crippen LogP contribution in [0.15, 0.2) is 11.6 Å². The topological polar surface area (TPSA) is 0 Å². The van der Waals surface area contributed by atoms with E-state index in [1.165, 1.54) is 25.7 Å². The molecule has 0 atom stereocenters. The summed E-state index contributed by atoms with van der Waals surface area (Å²) in [5, 5.41) is 0. The molecule has 0 bridgehead atoms. The van der Waals surface area contributed by atoms with Gasteiger partial charge in [-0.25, -0.2) is 0 Å². The molecule has 0 amide bonds. The maximum atomic E-state index is 5.70. The van der Waals surface area contributed by atoms with Crippen molar-refractivity contribution in [3.8, 4) is 0 Å². The summed E-state index contributed by atoms with van der Waals surface area (Å²) in [5.41, 5.74) is 1.15. The van der Waals surface area contributed by atoms with Gasteiger partial charge in [-0.15, -0.1) is 0 Å². The van der Waals surface area contributed by atoms with Gasteiger partial charge in [-0.05, 0) is 12.8 Å². The van der Waals surface area contributed by atoms with Crippen LogP contribution in [-0.2, 0) is 0 Å². The Labute approximate surface area is 78.6 Å². The predicted molar refractivity (Wildman–Crippen MR) is 50.7 cm³/mol. The highest BCUT2D eigenvalue weighted by Crippen LogP contribution is 2.29. The fourth-order valence-electron chi connectivity index (χ4n) is 1.36. The van der Waals surface area contributed by atoms with Crippen molar-refractivity contribution >= 4 is 23.2 Å². The van der Waals surface area contributed by atoms with E-state index in [1.54, 1.807) is 0 Å². The van der Waals surface area contributed by atoms with Gasteiger partial charge in [0.25, 0.3) is 4.84 Å². The highest BCUT2D eigenvalue weighted by atomic mass is 35.5. The van der Waals surface area contributed by atoms with E-state index in [1.807, 2.05) is 0 Å². The van der Waals surface area contributed by atoms with Crippen LogP contribution < -0.4 is 0 Å². The summed E-state index contributed by atoms with van der Waals surface area (Å²) in [7, 11) is 0. The number of halogens is 2. The van der Waals surface area contributed by atoms with Crippen LogP contribution in [0, 0.1) is 4.84 Å². The lowest BCUT2D eigenvalue weighted by Crippen LogP contribution is -1.91. The van der Waals surface area contributed by atoms with Crippen molar-refractivity contribution in [1.82, 2.24) is 0 Å². The largest absolute Gasteiger partial charge is 0.250 e. The number of hydrogen-bond acceptors (Lipinski definition) is 0. The molecule has 2 heteroatoms. The van der Waals surface area contributed by atoms with Crippen LogP contribution in [0.5, 0.6) is 0 Å².